The van der Waals surface area contributed by atoms with Crippen molar-refractivity contribution < 1.29 is 0 Å². The van der Waals surface area contributed by atoms with Crippen LogP contribution in [0, 0.1) is 17.8 Å². The molecule has 1 aliphatic rings. The van der Waals surface area contributed by atoms with Gasteiger partial charge in [-0.1, -0.05) is 83.1 Å². The molecule has 3 heteroatoms. The van der Waals surface area contributed by atoms with E-state index < -0.39 is 0 Å². The number of hydrogen-bond acceptors (Lipinski definition) is 0. The smallest absolute Gasteiger partial charge is 0.0305 e. The Hall–Kier alpha value is 0.651. The van der Waals surface area contributed by atoms with Gasteiger partial charge in [0.2, 0.25) is 0 Å². The molecule has 0 radical (unpaired) electrons. The van der Waals surface area contributed by atoms with Gasteiger partial charge in [0.15, 0.2) is 0 Å². The lowest BCUT2D eigenvalue weighted by Gasteiger charge is -2.37. The fourth-order valence-electron chi connectivity index (χ4n) is 4.08. The van der Waals surface area contributed by atoms with Gasteiger partial charge in [-0.2, -0.15) is 0 Å². The van der Waals surface area contributed by atoms with Crippen LogP contribution < -0.4 is 0 Å². The van der Waals surface area contributed by atoms with Crippen LogP contribution in [-0.4, -0.2) is 26.4 Å². The highest BCUT2D eigenvalue weighted by atomic mass is 28.3. The zero-order chi connectivity index (χ0) is 15.8. The minimum Gasteiger partial charge on any atom is -0.0722 e. The van der Waals surface area contributed by atoms with Gasteiger partial charge in [0.05, 0.1) is 0 Å². The van der Waals surface area contributed by atoms with Gasteiger partial charge in [-0.3, -0.25) is 0 Å². The van der Waals surface area contributed by atoms with E-state index in [1.54, 1.807) is 56.7 Å². The summed E-state index contributed by atoms with van der Waals surface area (Å²) in [5, 5.41) is 0. The Bertz CT molecular complexity index is 263. The van der Waals surface area contributed by atoms with Crippen molar-refractivity contribution in [1.29, 1.82) is 0 Å². The Morgan fingerprint density at radius 1 is 0.619 bits per heavy atom. The summed E-state index contributed by atoms with van der Waals surface area (Å²) in [5.74, 6) is 3.33. The summed E-state index contributed by atoms with van der Waals surface area (Å²) in [7, 11) is -1.01. The monoisotopic (exact) mass is 342 g/mol. The summed E-state index contributed by atoms with van der Waals surface area (Å²) < 4.78 is 0. The van der Waals surface area contributed by atoms with E-state index in [4.69, 9.17) is 0 Å². The molecule has 1 fully saturated rings. The molecule has 1 aliphatic carbocycles. The maximum atomic E-state index is 2.54. The van der Waals surface area contributed by atoms with Crippen molar-refractivity contribution in [3.8, 4) is 0 Å². The Labute approximate surface area is 140 Å². The van der Waals surface area contributed by atoms with E-state index in [-0.39, 0.29) is 26.4 Å². The first-order valence-corrected chi connectivity index (χ1v) is 19.3. The van der Waals surface area contributed by atoms with Gasteiger partial charge in [0, 0.05) is 26.4 Å². The largest absolute Gasteiger partial charge is 0.0722 e. The van der Waals surface area contributed by atoms with Gasteiger partial charge in [-0.05, 0) is 30.6 Å². The van der Waals surface area contributed by atoms with Crippen molar-refractivity contribution >= 4 is 26.4 Å². The minimum absolute atomic E-state index is 0.324. The van der Waals surface area contributed by atoms with E-state index in [1.165, 1.54) is 0 Å². The molecule has 0 aromatic rings. The summed E-state index contributed by atoms with van der Waals surface area (Å²) >= 11 is 0. The summed E-state index contributed by atoms with van der Waals surface area (Å²) in [4.78, 5) is 0. The molecule has 21 heavy (non-hydrogen) atoms. The molecule has 1 saturated carbocycles. The fourth-order valence-corrected chi connectivity index (χ4v) is 7.41. The van der Waals surface area contributed by atoms with Gasteiger partial charge in [0.25, 0.3) is 0 Å². The molecular formula is C18H42Si3. The van der Waals surface area contributed by atoms with Crippen molar-refractivity contribution in [2.75, 3.05) is 0 Å². The first kappa shape index (κ1) is 19.7. The molecule has 3 atom stereocenters. The highest BCUT2D eigenvalue weighted by Gasteiger charge is 2.30. The van der Waals surface area contributed by atoms with E-state index in [9.17, 15) is 0 Å². The second-order valence-electron chi connectivity index (χ2n) is 9.11. The molecule has 0 aliphatic heterocycles. The molecule has 3 unspecified atom stereocenters. The van der Waals surface area contributed by atoms with Crippen LogP contribution in [0.1, 0.15) is 38.5 Å². The van der Waals surface area contributed by atoms with Gasteiger partial charge in [-0.15, -0.1) is 0 Å². The predicted octanol–water partition coefficient (Wildman–Crippen LogP) is 5.65. The van der Waals surface area contributed by atoms with Gasteiger partial charge < -0.3 is 0 Å². The number of hydrogen-bond donors (Lipinski definition) is 0. The first-order chi connectivity index (χ1) is 9.88. The molecule has 0 heterocycles. The van der Waals surface area contributed by atoms with Crippen LogP contribution in [0.4, 0.5) is 0 Å². The summed E-state index contributed by atoms with van der Waals surface area (Å²) in [5.41, 5.74) is 0. The molecule has 0 N–H and O–H groups in total. The quantitative estimate of drug-likeness (QED) is 0.475. The Morgan fingerprint density at radius 3 is 1.62 bits per heavy atom. The average Bonchev–Trinajstić information content (AvgIpc) is 2.41. The zero-order valence-electron chi connectivity index (χ0n) is 15.8. The summed E-state index contributed by atoms with van der Waals surface area (Å²) in [6, 6.07) is 4.80. The standard InChI is InChI=1S/C18H42Si3/c1-19(2)12-9-16-7-8-17(10-13-20(3)4)18(15-16)11-14-21(5)6/h16-21H,7-15H2,1-6H3. The topological polar surface area (TPSA) is 0 Å². The first-order valence-electron chi connectivity index (χ1n) is 9.88. The SMILES string of the molecule is C[SiH](C)CCC1CCC(CC[SiH](C)C)C(CC[SiH](C)C)C1. The van der Waals surface area contributed by atoms with Crippen LogP contribution >= 0.6 is 0 Å². The summed E-state index contributed by atoms with van der Waals surface area (Å²) in [6.45, 7) is 15.2. The van der Waals surface area contributed by atoms with E-state index in [1.807, 2.05) is 0 Å². The van der Waals surface area contributed by atoms with Crippen molar-refractivity contribution in [2.45, 2.75) is 95.9 Å². The second-order valence-corrected chi connectivity index (χ2v) is 19.2. The van der Waals surface area contributed by atoms with Crippen molar-refractivity contribution in [3.05, 3.63) is 0 Å². The van der Waals surface area contributed by atoms with E-state index in [2.05, 4.69) is 39.3 Å². The van der Waals surface area contributed by atoms with Crippen molar-refractivity contribution in [3.63, 3.8) is 0 Å². The molecule has 0 saturated heterocycles. The van der Waals surface area contributed by atoms with Crippen LogP contribution in [0.5, 0.6) is 0 Å². The van der Waals surface area contributed by atoms with Crippen molar-refractivity contribution in [2.24, 2.45) is 17.8 Å². The van der Waals surface area contributed by atoms with E-state index in [0.717, 1.165) is 17.8 Å². The lowest BCUT2D eigenvalue weighted by Crippen LogP contribution is -2.27. The molecular weight excluding hydrogens is 300 g/mol. The molecule has 0 aromatic carbocycles. The zero-order valence-corrected chi connectivity index (χ0v) is 19.3. The van der Waals surface area contributed by atoms with Crippen LogP contribution in [0.25, 0.3) is 0 Å². The molecule has 0 bridgehead atoms. The third-order valence-corrected chi connectivity index (χ3v) is 10.1. The molecule has 1 rings (SSSR count). The molecule has 0 amide bonds. The van der Waals surface area contributed by atoms with Gasteiger partial charge >= 0.3 is 0 Å². The van der Waals surface area contributed by atoms with Crippen LogP contribution in [0.2, 0.25) is 57.4 Å². The molecule has 0 nitrogen and oxygen atoms in total. The maximum Gasteiger partial charge on any atom is 0.0305 e. The number of rotatable bonds is 9. The van der Waals surface area contributed by atoms with Crippen molar-refractivity contribution in [1.82, 2.24) is 0 Å². The van der Waals surface area contributed by atoms with Crippen LogP contribution in [0.3, 0.4) is 0 Å². The Balaban J connectivity index is 2.47. The highest BCUT2D eigenvalue weighted by Crippen LogP contribution is 2.41. The lowest BCUT2D eigenvalue weighted by atomic mass is 9.71. The lowest BCUT2D eigenvalue weighted by molar-refractivity contribution is 0.166. The van der Waals surface area contributed by atoms with E-state index in [0.29, 0.717) is 0 Å². The minimum atomic E-state index is -0.346. The fraction of sp³-hybridized carbons (Fsp3) is 1.00. The molecule has 126 valence electrons. The van der Waals surface area contributed by atoms with Crippen LogP contribution in [0.15, 0.2) is 0 Å². The normalized spacial score (nSPS) is 27.0. The Kier molecular flexibility index (Phi) is 9.78. The maximum absolute atomic E-state index is 2.54. The molecule has 0 spiro atoms. The highest BCUT2D eigenvalue weighted by molar-refractivity contribution is 6.56. The van der Waals surface area contributed by atoms with E-state index >= 15 is 0 Å². The van der Waals surface area contributed by atoms with Gasteiger partial charge in [-0.25, -0.2) is 0 Å². The Morgan fingerprint density at radius 2 is 1.10 bits per heavy atom. The third-order valence-electron chi connectivity index (χ3n) is 5.63. The predicted molar refractivity (Wildman–Crippen MR) is 109 cm³/mol. The third kappa shape index (κ3) is 8.75. The molecule has 0 aromatic heterocycles. The summed E-state index contributed by atoms with van der Waals surface area (Å²) in [6.07, 6.45) is 9.50. The average molecular weight is 343 g/mol. The van der Waals surface area contributed by atoms with Crippen LogP contribution in [-0.2, 0) is 0 Å². The second kappa shape index (κ2) is 10.4. The van der Waals surface area contributed by atoms with Gasteiger partial charge in [0.1, 0.15) is 0 Å².